The lowest BCUT2D eigenvalue weighted by molar-refractivity contribution is -0.155. The van der Waals surface area contributed by atoms with Gasteiger partial charge in [-0.05, 0) is 51.8 Å². The molecular formula is C36H40N4O13S3. The average Bonchev–Trinajstić information content (AvgIpc) is 3.89. The van der Waals surface area contributed by atoms with Gasteiger partial charge in [0.05, 0.1) is 11.3 Å². The number of hydrogen-bond donors (Lipinski definition) is 2. The third-order valence-corrected chi connectivity index (χ3v) is 13.7. The van der Waals surface area contributed by atoms with Crippen LogP contribution in [-0.4, -0.2) is 127 Å². The van der Waals surface area contributed by atoms with Gasteiger partial charge in [-0.1, -0.05) is 33.7 Å². The Morgan fingerprint density at radius 2 is 1.48 bits per heavy atom. The van der Waals surface area contributed by atoms with Crippen molar-refractivity contribution in [2.45, 2.75) is 75.2 Å². The van der Waals surface area contributed by atoms with Crippen molar-refractivity contribution in [3.63, 3.8) is 0 Å². The third kappa shape index (κ3) is 9.88. The topological polar surface area (TPSA) is 245 Å². The van der Waals surface area contributed by atoms with E-state index in [9.17, 15) is 57.5 Å². The zero-order valence-electron chi connectivity index (χ0n) is 31.0. The second-order valence-electron chi connectivity index (χ2n) is 13.3. The number of nitrogens with one attached hydrogen (secondary N) is 2. The van der Waals surface area contributed by atoms with Crippen molar-refractivity contribution in [3.05, 3.63) is 29.8 Å². The van der Waals surface area contributed by atoms with E-state index < -0.39 is 92.3 Å². The third-order valence-electron chi connectivity index (χ3n) is 9.40. The van der Waals surface area contributed by atoms with Crippen molar-refractivity contribution in [1.82, 2.24) is 15.1 Å². The molecular weight excluding hydrogens is 793 g/mol. The molecule has 56 heavy (non-hydrogen) atoms. The molecule has 6 amide bonds. The number of hydrogen-bond acceptors (Lipinski definition) is 16. The zero-order valence-corrected chi connectivity index (χ0v) is 33.4. The lowest BCUT2D eigenvalue weighted by atomic mass is 9.71. The van der Waals surface area contributed by atoms with E-state index in [1.807, 2.05) is 0 Å². The minimum absolute atomic E-state index is 0.154. The van der Waals surface area contributed by atoms with Gasteiger partial charge in [-0.25, -0.2) is 0 Å². The molecule has 0 aliphatic carbocycles. The number of thioether (sulfide) groups is 1. The minimum atomic E-state index is -2.76. The summed E-state index contributed by atoms with van der Waals surface area (Å²) in [5.74, 6) is -9.09. The zero-order chi connectivity index (χ0) is 41.5. The molecule has 4 rings (SSSR count). The number of β-lactam (4-membered cyclic amide) rings is 1. The molecule has 3 heterocycles. The van der Waals surface area contributed by atoms with E-state index in [1.54, 1.807) is 24.3 Å². The molecule has 2 N–H and O–H groups in total. The molecule has 1 aromatic carbocycles. The lowest BCUT2D eigenvalue weighted by Crippen LogP contribution is -2.58. The molecule has 3 aliphatic rings. The van der Waals surface area contributed by atoms with Gasteiger partial charge in [-0.3, -0.25) is 67.3 Å². The Bertz CT molecular complexity index is 1840. The first-order chi connectivity index (χ1) is 26.3. The van der Waals surface area contributed by atoms with Gasteiger partial charge in [0.15, 0.2) is 38.8 Å². The molecule has 0 aromatic heterocycles. The summed E-state index contributed by atoms with van der Waals surface area (Å²) < 4.78 is 3.99. The summed E-state index contributed by atoms with van der Waals surface area (Å²) >= 11 is 0.761. The summed E-state index contributed by atoms with van der Waals surface area (Å²) in [5, 5.41) is 3.83. The monoisotopic (exact) mass is 832 g/mol. The number of carbonyl (C=O) groups excluding carboxylic acids is 12. The van der Waals surface area contributed by atoms with E-state index in [-0.39, 0.29) is 43.4 Å². The van der Waals surface area contributed by atoms with Gasteiger partial charge in [0.2, 0.25) is 40.9 Å². The van der Waals surface area contributed by atoms with Gasteiger partial charge in [-0.15, -0.1) is 11.8 Å². The highest BCUT2D eigenvalue weighted by atomic mass is 33.2. The quantitative estimate of drug-likeness (QED) is 0.0535. The van der Waals surface area contributed by atoms with Gasteiger partial charge in [-0.2, -0.15) is 0 Å². The van der Waals surface area contributed by atoms with Crippen LogP contribution in [0.3, 0.4) is 0 Å². The Labute approximate surface area is 333 Å². The Balaban J connectivity index is 1.33. The summed E-state index contributed by atoms with van der Waals surface area (Å²) in [4.78, 5) is 154. The van der Waals surface area contributed by atoms with E-state index in [0.29, 0.717) is 25.1 Å². The molecule has 0 bridgehead atoms. The van der Waals surface area contributed by atoms with Crippen LogP contribution in [0.5, 0.6) is 0 Å². The molecule has 3 fully saturated rings. The molecule has 0 spiro atoms. The number of rotatable bonds is 22. The van der Waals surface area contributed by atoms with Crippen LogP contribution >= 0.6 is 33.3 Å². The predicted octanol–water partition coefficient (Wildman–Crippen LogP) is 0.641. The van der Waals surface area contributed by atoms with E-state index in [1.165, 1.54) is 11.8 Å². The molecule has 0 saturated carbocycles. The van der Waals surface area contributed by atoms with Crippen LogP contribution in [0.15, 0.2) is 24.3 Å². The number of carbonyl (C=O) groups is 12. The van der Waals surface area contributed by atoms with Crippen molar-refractivity contribution in [2.75, 3.05) is 37.4 Å². The van der Waals surface area contributed by atoms with Crippen LogP contribution in [0.4, 0.5) is 5.69 Å². The van der Waals surface area contributed by atoms with Crippen molar-refractivity contribution in [3.8, 4) is 0 Å². The van der Waals surface area contributed by atoms with Crippen molar-refractivity contribution < 1.29 is 62.3 Å². The molecule has 2 unspecified atom stereocenters. The number of anilines is 1. The van der Waals surface area contributed by atoms with Gasteiger partial charge in [0.25, 0.3) is 0 Å². The second kappa shape index (κ2) is 18.6. The molecule has 0 radical (unpaired) electrons. The summed E-state index contributed by atoms with van der Waals surface area (Å²) in [6.07, 6.45) is 0.333. The molecule has 2 atom stereocenters. The predicted molar refractivity (Wildman–Crippen MR) is 203 cm³/mol. The fourth-order valence-corrected chi connectivity index (χ4v) is 9.56. The first kappa shape index (κ1) is 44.2. The first-order valence-corrected chi connectivity index (χ1v) is 20.6. The Kier molecular flexibility index (Phi) is 14.7. The minimum Gasteiger partial charge on any atom is -0.362 e. The largest absolute Gasteiger partial charge is 0.362 e. The number of nitrogens with zero attached hydrogens (tertiary/aromatic N) is 2. The van der Waals surface area contributed by atoms with E-state index in [4.69, 9.17) is 4.74 Å². The Morgan fingerprint density at radius 1 is 0.875 bits per heavy atom. The highest BCUT2D eigenvalue weighted by Crippen LogP contribution is 2.66. The number of Topliss-reactive ketones (excluding diaryl/α,β-unsaturated/α-hetero) is 6. The smallest absolute Gasteiger partial charge is 0.250 e. The normalized spacial score (nSPS) is 17.8. The molecule has 1 aromatic rings. The van der Waals surface area contributed by atoms with E-state index >= 15 is 0 Å². The number of amides is 6. The SMILES string of the molecule is CC(=O)C1(C(=O)CCN2C(=O)CC(SCC(NC(=O)COCC(=O)Nc3ccc(CCC(=O)N4CCC4=O)cc3)C(=O)C(C(C)=O)(C(C)=O)C(C)=O)C2=O)SS1. The van der Waals surface area contributed by atoms with E-state index in [2.05, 4.69) is 10.6 Å². The van der Waals surface area contributed by atoms with Crippen molar-refractivity contribution in [2.24, 2.45) is 5.41 Å². The fraction of sp³-hybridized carbons (Fsp3) is 0.500. The van der Waals surface area contributed by atoms with Gasteiger partial charge >= 0.3 is 0 Å². The van der Waals surface area contributed by atoms with Crippen molar-refractivity contribution in [1.29, 1.82) is 0 Å². The van der Waals surface area contributed by atoms with Crippen LogP contribution in [-0.2, 0) is 68.7 Å². The highest BCUT2D eigenvalue weighted by molar-refractivity contribution is 8.94. The number of ether oxygens (including phenoxy) is 1. The number of ketones is 6. The van der Waals surface area contributed by atoms with Crippen LogP contribution in [0, 0.1) is 5.41 Å². The lowest BCUT2D eigenvalue weighted by Gasteiger charge is -2.29. The van der Waals surface area contributed by atoms with Gasteiger partial charge in [0, 0.05) is 50.2 Å². The van der Waals surface area contributed by atoms with Crippen molar-refractivity contribution >= 4 is 109 Å². The fourth-order valence-electron chi connectivity index (χ4n) is 6.15. The highest BCUT2D eigenvalue weighted by Gasteiger charge is 2.57. The maximum absolute atomic E-state index is 13.9. The Morgan fingerprint density at radius 3 is 2.00 bits per heavy atom. The summed E-state index contributed by atoms with van der Waals surface area (Å²) in [6.45, 7) is 2.69. The standard InChI is InChI=1S/C36H40N4O13S3/c1-19(41)35(20(2)42,21(3)43)33(51)25(18-54-26-15-32(50)40(34(26)52)13-11-27(45)36(22(4)44)55-56-36)38-29(47)17-53-16-28(46)37-24-8-5-23(6-9-24)7-10-30(48)39-14-12-31(39)49/h5-6,8-9,25-26H,7,10-18H2,1-4H3,(H,37,46)(H,38,47). The van der Waals surface area contributed by atoms with Crippen LogP contribution in [0.1, 0.15) is 58.9 Å². The van der Waals surface area contributed by atoms with Crippen LogP contribution < -0.4 is 10.6 Å². The van der Waals surface area contributed by atoms with E-state index in [0.717, 1.165) is 64.6 Å². The molecule has 20 heteroatoms. The van der Waals surface area contributed by atoms with Gasteiger partial charge < -0.3 is 15.4 Å². The Hall–Kier alpha value is -4.53. The molecule has 3 aliphatic heterocycles. The number of imide groups is 2. The van der Waals surface area contributed by atoms with Crippen LogP contribution in [0.25, 0.3) is 0 Å². The molecule has 17 nitrogen and oxygen atoms in total. The number of likely N-dealkylation sites (tertiary alicyclic amines) is 2. The maximum Gasteiger partial charge on any atom is 0.250 e. The number of aryl methyl sites for hydroxylation is 1. The summed E-state index contributed by atoms with van der Waals surface area (Å²) in [7, 11) is 2.19. The average molecular weight is 833 g/mol. The molecule has 300 valence electrons. The summed E-state index contributed by atoms with van der Waals surface area (Å²) in [6, 6.07) is 4.87. The maximum atomic E-state index is 13.9. The molecule has 3 saturated heterocycles. The van der Waals surface area contributed by atoms with Crippen LogP contribution in [0.2, 0.25) is 0 Å². The van der Waals surface area contributed by atoms with Gasteiger partial charge in [0.1, 0.15) is 13.2 Å². The second-order valence-corrected chi connectivity index (χ2v) is 17.3. The number of benzene rings is 1. The first-order valence-electron chi connectivity index (χ1n) is 17.4. The summed E-state index contributed by atoms with van der Waals surface area (Å²) in [5.41, 5.74) is -1.57.